The third kappa shape index (κ3) is 3.96. The summed E-state index contributed by atoms with van der Waals surface area (Å²) in [6.07, 6.45) is -0.834. The molecule has 0 heterocycles. The zero-order valence-corrected chi connectivity index (χ0v) is 12.9. The van der Waals surface area contributed by atoms with E-state index in [0.29, 0.717) is 0 Å². The van der Waals surface area contributed by atoms with Gasteiger partial charge in [-0.05, 0) is 29.6 Å². The summed E-state index contributed by atoms with van der Waals surface area (Å²) >= 11 is 0. The first-order valence-corrected chi connectivity index (χ1v) is 8.98. The molecule has 100 valence electrons. The molecule has 0 aromatic heterocycles. The Morgan fingerprint density at radius 3 is 2.39 bits per heavy atom. The Bertz CT molecular complexity index is 421. The first-order valence-electron chi connectivity index (χ1n) is 6.20. The summed E-state index contributed by atoms with van der Waals surface area (Å²) in [5.41, 5.74) is 1.87. The molecule has 1 aromatic carbocycles. The molecule has 1 N–H and O–H groups in total. The van der Waals surface area contributed by atoms with Gasteiger partial charge >= 0.3 is 5.97 Å². The van der Waals surface area contributed by atoms with E-state index in [2.05, 4.69) is 20.8 Å². The van der Waals surface area contributed by atoms with Gasteiger partial charge in [-0.15, -0.1) is 0 Å². The van der Waals surface area contributed by atoms with Crippen molar-refractivity contribution < 1.29 is 14.3 Å². The maximum Gasteiger partial charge on any atom is 0.336 e. The van der Waals surface area contributed by atoms with E-state index in [1.807, 2.05) is 37.4 Å². The van der Waals surface area contributed by atoms with Gasteiger partial charge in [0.1, 0.15) is 0 Å². The fourth-order valence-corrected chi connectivity index (χ4v) is 2.54. The first-order chi connectivity index (χ1) is 8.21. The molecule has 0 spiro atoms. The average Bonchev–Trinajstić information content (AvgIpc) is 2.24. The van der Waals surface area contributed by atoms with Crippen LogP contribution in [0.15, 0.2) is 24.3 Å². The second-order valence-corrected chi connectivity index (χ2v) is 8.15. The van der Waals surface area contributed by atoms with Gasteiger partial charge in [-0.2, -0.15) is 0 Å². The molecule has 4 heteroatoms. The lowest BCUT2D eigenvalue weighted by molar-refractivity contribution is -0.145. The van der Waals surface area contributed by atoms with Gasteiger partial charge in [0.05, 0.1) is 0 Å². The lowest BCUT2D eigenvalue weighted by Crippen LogP contribution is -2.22. The van der Waals surface area contributed by atoms with Crippen LogP contribution in [0.2, 0.25) is 13.1 Å². The second-order valence-electron chi connectivity index (χ2n) is 5.78. The zero-order valence-electron chi connectivity index (χ0n) is 11.7. The topological polar surface area (TPSA) is 46.5 Å². The lowest BCUT2D eigenvalue weighted by atomic mass is 9.86. The van der Waals surface area contributed by atoms with E-state index in [1.54, 1.807) is 0 Å². The Hall–Kier alpha value is -1.13. The minimum Gasteiger partial charge on any atom is -0.479 e. The molecule has 3 nitrogen and oxygen atoms in total. The van der Waals surface area contributed by atoms with E-state index in [4.69, 9.17) is 4.43 Å². The van der Waals surface area contributed by atoms with Gasteiger partial charge < -0.3 is 9.53 Å². The Morgan fingerprint density at radius 1 is 1.33 bits per heavy atom. The highest BCUT2D eigenvalue weighted by Gasteiger charge is 2.23. The quantitative estimate of drug-likeness (QED) is 0.852. The number of hydrogen-bond donors (Lipinski definition) is 1. The molecule has 0 amide bonds. The van der Waals surface area contributed by atoms with E-state index in [-0.39, 0.29) is 5.41 Å². The summed E-state index contributed by atoms with van der Waals surface area (Å²) in [7, 11) is -1.39. The van der Waals surface area contributed by atoms with E-state index in [1.165, 1.54) is 0 Å². The SMILES string of the molecule is C[SiH](C)OC(C(=O)O)c1cccc(C(C)(C)C)c1. The molecule has 0 aliphatic carbocycles. The van der Waals surface area contributed by atoms with Crippen LogP contribution in [0, 0.1) is 0 Å². The van der Waals surface area contributed by atoms with E-state index >= 15 is 0 Å². The monoisotopic (exact) mass is 266 g/mol. The van der Waals surface area contributed by atoms with Crippen molar-refractivity contribution in [2.75, 3.05) is 0 Å². The Labute approximate surface area is 111 Å². The number of carbonyl (C=O) groups is 1. The number of rotatable bonds is 4. The Morgan fingerprint density at radius 2 is 1.94 bits per heavy atom. The molecule has 0 aliphatic rings. The van der Waals surface area contributed by atoms with Crippen LogP contribution in [0.3, 0.4) is 0 Å². The summed E-state index contributed by atoms with van der Waals surface area (Å²) in [5, 5.41) is 9.27. The van der Waals surface area contributed by atoms with Crippen LogP contribution in [0.1, 0.15) is 38.0 Å². The van der Waals surface area contributed by atoms with Crippen molar-refractivity contribution in [2.24, 2.45) is 0 Å². The average molecular weight is 266 g/mol. The number of benzene rings is 1. The fourth-order valence-electron chi connectivity index (χ4n) is 1.72. The molecule has 0 radical (unpaired) electrons. The van der Waals surface area contributed by atoms with Crippen molar-refractivity contribution in [3.05, 3.63) is 35.4 Å². The van der Waals surface area contributed by atoms with Crippen LogP contribution in [-0.2, 0) is 14.6 Å². The molecule has 1 atom stereocenters. The van der Waals surface area contributed by atoms with Crippen molar-refractivity contribution in [2.45, 2.75) is 45.4 Å². The molecule has 1 rings (SSSR count). The Balaban J connectivity index is 3.10. The molecule has 0 fully saturated rings. The van der Waals surface area contributed by atoms with Crippen LogP contribution >= 0.6 is 0 Å². The van der Waals surface area contributed by atoms with Gasteiger partial charge in [-0.1, -0.05) is 45.0 Å². The summed E-state index contributed by atoms with van der Waals surface area (Å²) in [6.45, 7) is 10.3. The molecule has 0 saturated heterocycles. The number of carboxylic acid groups (broad SMARTS) is 1. The molecule has 1 aromatic rings. The first kappa shape index (κ1) is 14.9. The highest BCUT2D eigenvalue weighted by Crippen LogP contribution is 2.26. The minimum absolute atomic E-state index is 0.00826. The standard InChI is InChI=1S/C14H22O3Si/c1-14(2,3)11-8-6-7-10(9-11)12(13(15)16)17-18(4)5/h6-9,12,18H,1-5H3,(H,15,16). The van der Waals surface area contributed by atoms with Crippen LogP contribution in [-0.4, -0.2) is 20.1 Å². The van der Waals surface area contributed by atoms with Gasteiger partial charge in [-0.3, -0.25) is 0 Å². The number of carboxylic acids is 1. The van der Waals surface area contributed by atoms with E-state index in [9.17, 15) is 9.90 Å². The van der Waals surface area contributed by atoms with Crippen molar-refractivity contribution in [3.63, 3.8) is 0 Å². The van der Waals surface area contributed by atoms with Crippen molar-refractivity contribution in [1.82, 2.24) is 0 Å². The summed E-state index contributed by atoms with van der Waals surface area (Å²) < 4.78 is 5.60. The maximum absolute atomic E-state index is 11.3. The van der Waals surface area contributed by atoms with E-state index in [0.717, 1.165) is 11.1 Å². The molecular weight excluding hydrogens is 244 g/mol. The number of aliphatic carboxylic acids is 1. The lowest BCUT2D eigenvalue weighted by Gasteiger charge is -2.22. The van der Waals surface area contributed by atoms with Gasteiger partial charge in [0.2, 0.25) is 0 Å². The maximum atomic E-state index is 11.3. The largest absolute Gasteiger partial charge is 0.479 e. The van der Waals surface area contributed by atoms with Crippen LogP contribution in [0.25, 0.3) is 0 Å². The van der Waals surface area contributed by atoms with Crippen molar-refractivity contribution in [3.8, 4) is 0 Å². The summed E-state index contributed by atoms with van der Waals surface area (Å²) in [4.78, 5) is 11.3. The third-order valence-corrected chi connectivity index (χ3v) is 3.50. The predicted octanol–water partition coefficient (Wildman–Crippen LogP) is 3.11. The van der Waals surface area contributed by atoms with Gasteiger partial charge in [0.25, 0.3) is 0 Å². The molecule has 0 aliphatic heterocycles. The van der Waals surface area contributed by atoms with Crippen LogP contribution in [0.4, 0.5) is 0 Å². The van der Waals surface area contributed by atoms with Crippen molar-refractivity contribution >= 4 is 15.0 Å². The number of hydrogen-bond acceptors (Lipinski definition) is 2. The molecule has 0 saturated carbocycles. The van der Waals surface area contributed by atoms with Gasteiger partial charge in [0.15, 0.2) is 15.1 Å². The Kier molecular flexibility index (Phi) is 4.70. The predicted molar refractivity (Wildman–Crippen MR) is 75.5 cm³/mol. The van der Waals surface area contributed by atoms with E-state index < -0.39 is 21.1 Å². The van der Waals surface area contributed by atoms with Crippen molar-refractivity contribution in [1.29, 1.82) is 0 Å². The second kappa shape index (κ2) is 5.67. The zero-order chi connectivity index (χ0) is 13.9. The molecule has 1 unspecified atom stereocenters. The van der Waals surface area contributed by atoms with Gasteiger partial charge in [0, 0.05) is 0 Å². The molecular formula is C14H22O3Si. The minimum atomic E-state index is -1.39. The highest BCUT2D eigenvalue weighted by molar-refractivity contribution is 6.48. The van der Waals surface area contributed by atoms with Crippen LogP contribution < -0.4 is 0 Å². The highest BCUT2D eigenvalue weighted by atomic mass is 28.3. The van der Waals surface area contributed by atoms with Gasteiger partial charge in [-0.25, -0.2) is 4.79 Å². The fraction of sp³-hybridized carbons (Fsp3) is 0.500. The summed E-state index contributed by atoms with van der Waals surface area (Å²) in [6, 6.07) is 7.69. The third-order valence-electron chi connectivity index (χ3n) is 2.69. The van der Waals surface area contributed by atoms with Crippen LogP contribution in [0.5, 0.6) is 0 Å². The smallest absolute Gasteiger partial charge is 0.336 e. The molecule has 18 heavy (non-hydrogen) atoms. The molecule has 0 bridgehead atoms. The normalized spacial score (nSPS) is 13.7. The summed E-state index contributed by atoms with van der Waals surface area (Å²) in [5.74, 6) is -0.915.